The minimum Gasteiger partial charge on any atom is -0.377 e. The van der Waals surface area contributed by atoms with Crippen molar-refractivity contribution in [2.75, 3.05) is 39.3 Å². The maximum atomic E-state index is 13.0. The Bertz CT molecular complexity index is 764. The fourth-order valence-corrected chi connectivity index (χ4v) is 4.02. The Balaban J connectivity index is 1.38. The summed E-state index contributed by atoms with van der Waals surface area (Å²) >= 11 is 0. The van der Waals surface area contributed by atoms with Gasteiger partial charge >= 0.3 is 6.03 Å². The summed E-state index contributed by atoms with van der Waals surface area (Å²) in [6.07, 6.45) is 6.36. The summed E-state index contributed by atoms with van der Waals surface area (Å²) in [4.78, 5) is 21.8. The molecule has 7 nitrogen and oxygen atoms in total. The SMILES string of the molecule is Cn1ccnc1[C@@H](NC(=O)N1CCN(C[C@H]2CCCO2)CC1)c1ccccc1. The number of benzene rings is 1. The second kappa shape index (κ2) is 8.75. The van der Waals surface area contributed by atoms with E-state index in [1.165, 1.54) is 6.42 Å². The lowest BCUT2D eigenvalue weighted by Crippen LogP contribution is -2.53. The first-order valence-electron chi connectivity index (χ1n) is 10.1. The lowest BCUT2D eigenvalue weighted by atomic mass is 10.1. The maximum absolute atomic E-state index is 13.0. The van der Waals surface area contributed by atoms with E-state index in [9.17, 15) is 4.79 Å². The lowest BCUT2D eigenvalue weighted by molar-refractivity contribution is 0.0559. The number of aryl methyl sites for hydroxylation is 1. The zero-order valence-corrected chi connectivity index (χ0v) is 16.5. The molecule has 0 spiro atoms. The van der Waals surface area contributed by atoms with Crippen molar-refractivity contribution in [3.8, 4) is 0 Å². The van der Waals surface area contributed by atoms with E-state index in [4.69, 9.17) is 4.74 Å². The van der Waals surface area contributed by atoms with Crippen molar-refractivity contribution in [1.82, 2.24) is 24.7 Å². The molecule has 2 fully saturated rings. The second-order valence-electron chi connectivity index (χ2n) is 7.61. The molecule has 0 saturated carbocycles. The van der Waals surface area contributed by atoms with Gasteiger partial charge in [0.1, 0.15) is 11.9 Å². The third-order valence-corrected chi connectivity index (χ3v) is 5.66. The highest BCUT2D eigenvalue weighted by Gasteiger charge is 2.27. The molecule has 1 aromatic carbocycles. The number of ether oxygens (including phenoxy) is 1. The highest BCUT2D eigenvalue weighted by atomic mass is 16.5. The number of aromatic nitrogens is 2. The molecule has 7 heteroatoms. The average molecular weight is 383 g/mol. The Hall–Kier alpha value is -2.38. The van der Waals surface area contributed by atoms with Gasteiger partial charge in [0.25, 0.3) is 0 Å². The molecule has 2 aliphatic heterocycles. The van der Waals surface area contributed by atoms with E-state index in [2.05, 4.69) is 15.2 Å². The molecule has 0 radical (unpaired) electrons. The van der Waals surface area contributed by atoms with E-state index in [0.717, 1.165) is 57.1 Å². The fraction of sp³-hybridized carbons (Fsp3) is 0.524. The van der Waals surface area contributed by atoms with Crippen LogP contribution in [0.4, 0.5) is 4.79 Å². The van der Waals surface area contributed by atoms with Crippen LogP contribution in [0.5, 0.6) is 0 Å². The van der Waals surface area contributed by atoms with Gasteiger partial charge in [-0.05, 0) is 18.4 Å². The van der Waals surface area contributed by atoms with Crippen LogP contribution in [0.2, 0.25) is 0 Å². The van der Waals surface area contributed by atoms with Gasteiger partial charge < -0.3 is 19.5 Å². The van der Waals surface area contributed by atoms with Crippen LogP contribution in [0.25, 0.3) is 0 Å². The number of urea groups is 1. The maximum Gasteiger partial charge on any atom is 0.318 e. The summed E-state index contributed by atoms with van der Waals surface area (Å²) in [6, 6.07) is 9.71. The monoisotopic (exact) mass is 383 g/mol. The Morgan fingerprint density at radius 3 is 2.68 bits per heavy atom. The van der Waals surface area contributed by atoms with Gasteiger partial charge in [0.2, 0.25) is 0 Å². The molecule has 0 aliphatic carbocycles. The molecule has 3 heterocycles. The summed E-state index contributed by atoms with van der Waals surface area (Å²) in [6.45, 7) is 5.13. The standard InChI is InChI=1S/C21H29N5O2/c1-24-10-9-22-20(24)19(17-6-3-2-4-7-17)23-21(27)26-13-11-25(12-14-26)16-18-8-5-15-28-18/h2-4,6-7,9-10,18-19H,5,8,11-16H2,1H3,(H,23,27)/t18-,19+/m1/s1. The van der Waals surface area contributed by atoms with Crippen LogP contribution in [0, 0.1) is 0 Å². The number of piperazine rings is 1. The first-order valence-corrected chi connectivity index (χ1v) is 10.1. The van der Waals surface area contributed by atoms with Gasteiger partial charge in [0, 0.05) is 58.8 Å². The number of carbonyl (C=O) groups is 1. The number of hydrogen-bond acceptors (Lipinski definition) is 4. The first kappa shape index (κ1) is 19.0. The molecular weight excluding hydrogens is 354 g/mol. The van der Waals surface area contributed by atoms with E-state index in [0.29, 0.717) is 6.10 Å². The molecule has 0 unspecified atom stereocenters. The van der Waals surface area contributed by atoms with Gasteiger partial charge in [0.05, 0.1) is 6.10 Å². The van der Waals surface area contributed by atoms with Crippen LogP contribution in [0.1, 0.15) is 30.3 Å². The van der Waals surface area contributed by atoms with E-state index in [-0.39, 0.29) is 12.1 Å². The summed E-state index contributed by atoms with van der Waals surface area (Å²) in [5, 5.41) is 3.19. The molecule has 1 N–H and O–H groups in total. The van der Waals surface area contributed by atoms with Crippen LogP contribution in [0.15, 0.2) is 42.7 Å². The van der Waals surface area contributed by atoms with E-state index in [1.807, 2.05) is 53.0 Å². The molecule has 2 aromatic rings. The Kier molecular flexibility index (Phi) is 5.92. The lowest BCUT2D eigenvalue weighted by Gasteiger charge is -2.36. The summed E-state index contributed by atoms with van der Waals surface area (Å²) in [7, 11) is 1.95. The third kappa shape index (κ3) is 4.36. The largest absolute Gasteiger partial charge is 0.377 e. The number of carbonyl (C=O) groups excluding carboxylic acids is 1. The van der Waals surface area contributed by atoms with Crippen LogP contribution in [-0.4, -0.2) is 70.8 Å². The average Bonchev–Trinajstić information content (AvgIpc) is 3.39. The number of amides is 2. The van der Waals surface area contributed by atoms with Crippen molar-refractivity contribution in [1.29, 1.82) is 0 Å². The molecule has 1 aromatic heterocycles. The van der Waals surface area contributed by atoms with Crippen LogP contribution >= 0.6 is 0 Å². The van der Waals surface area contributed by atoms with Gasteiger partial charge in [0.15, 0.2) is 0 Å². The summed E-state index contributed by atoms with van der Waals surface area (Å²) in [5.74, 6) is 0.830. The molecule has 0 bridgehead atoms. The quantitative estimate of drug-likeness (QED) is 0.858. The Labute approximate surface area is 166 Å². The smallest absolute Gasteiger partial charge is 0.318 e. The van der Waals surface area contributed by atoms with Crippen LogP contribution < -0.4 is 5.32 Å². The molecule has 2 saturated heterocycles. The Morgan fingerprint density at radius 1 is 1.25 bits per heavy atom. The predicted octanol–water partition coefficient (Wildman–Crippen LogP) is 2.02. The van der Waals surface area contributed by atoms with Gasteiger partial charge in [-0.25, -0.2) is 9.78 Å². The predicted molar refractivity (Wildman–Crippen MR) is 107 cm³/mol. The zero-order chi connectivity index (χ0) is 19.3. The fourth-order valence-electron chi connectivity index (χ4n) is 4.02. The van der Waals surface area contributed by atoms with Crippen molar-refractivity contribution < 1.29 is 9.53 Å². The molecule has 150 valence electrons. The number of rotatable bonds is 5. The molecular formula is C21H29N5O2. The van der Waals surface area contributed by atoms with Gasteiger partial charge in [-0.15, -0.1) is 0 Å². The van der Waals surface area contributed by atoms with E-state index in [1.54, 1.807) is 6.20 Å². The normalized spacial score (nSPS) is 21.6. The van der Waals surface area contributed by atoms with Gasteiger partial charge in [-0.1, -0.05) is 30.3 Å². The van der Waals surface area contributed by atoms with Crippen molar-refractivity contribution in [2.45, 2.75) is 25.0 Å². The summed E-state index contributed by atoms with van der Waals surface area (Å²) < 4.78 is 7.70. The van der Waals surface area contributed by atoms with Crippen molar-refractivity contribution in [2.24, 2.45) is 7.05 Å². The van der Waals surface area contributed by atoms with Crippen molar-refractivity contribution >= 4 is 6.03 Å². The van der Waals surface area contributed by atoms with Gasteiger partial charge in [-0.3, -0.25) is 4.90 Å². The molecule has 2 atom stereocenters. The molecule has 28 heavy (non-hydrogen) atoms. The highest BCUT2D eigenvalue weighted by Crippen LogP contribution is 2.21. The summed E-state index contributed by atoms with van der Waals surface area (Å²) in [5.41, 5.74) is 1.03. The minimum atomic E-state index is -0.265. The third-order valence-electron chi connectivity index (χ3n) is 5.66. The Morgan fingerprint density at radius 2 is 2.04 bits per heavy atom. The molecule has 2 aliphatic rings. The number of imidazole rings is 1. The first-order chi connectivity index (χ1) is 13.7. The van der Waals surface area contributed by atoms with Crippen LogP contribution in [0.3, 0.4) is 0 Å². The second-order valence-corrected chi connectivity index (χ2v) is 7.61. The van der Waals surface area contributed by atoms with Gasteiger partial charge in [-0.2, -0.15) is 0 Å². The minimum absolute atomic E-state index is 0.0337. The zero-order valence-electron chi connectivity index (χ0n) is 16.5. The van der Waals surface area contributed by atoms with Crippen LogP contribution in [-0.2, 0) is 11.8 Å². The van der Waals surface area contributed by atoms with E-state index < -0.39 is 0 Å². The molecule has 4 rings (SSSR count). The number of nitrogens with zero attached hydrogens (tertiary/aromatic N) is 4. The number of hydrogen-bond donors (Lipinski definition) is 1. The molecule has 2 amide bonds. The highest BCUT2D eigenvalue weighted by molar-refractivity contribution is 5.75. The topological polar surface area (TPSA) is 62.6 Å². The van der Waals surface area contributed by atoms with E-state index >= 15 is 0 Å². The van der Waals surface area contributed by atoms with Crippen molar-refractivity contribution in [3.05, 3.63) is 54.1 Å². The van der Waals surface area contributed by atoms with Crippen molar-refractivity contribution in [3.63, 3.8) is 0 Å². The number of nitrogens with one attached hydrogen (secondary N) is 1.